The van der Waals surface area contributed by atoms with Gasteiger partial charge in [-0.3, -0.25) is 14.2 Å². The third-order valence-electron chi connectivity index (χ3n) is 5.57. The van der Waals surface area contributed by atoms with E-state index in [2.05, 4.69) is 4.98 Å². The number of likely N-dealkylation sites (tertiary alicyclic amines) is 1. The molecule has 0 saturated carbocycles. The normalized spacial score (nSPS) is 26.0. The molecule has 0 bridgehead atoms. The van der Waals surface area contributed by atoms with Crippen LogP contribution in [0.4, 0.5) is 0 Å². The number of fused-ring (bicyclic) bond motifs is 2. The molecule has 1 amide bonds. The summed E-state index contributed by atoms with van der Waals surface area (Å²) in [5.74, 6) is -1.27. The van der Waals surface area contributed by atoms with E-state index in [1.165, 1.54) is 4.57 Å². The Morgan fingerprint density at radius 2 is 2.20 bits per heavy atom. The van der Waals surface area contributed by atoms with Crippen molar-refractivity contribution in [3.8, 4) is 0 Å². The van der Waals surface area contributed by atoms with Crippen molar-refractivity contribution >= 4 is 22.9 Å². The van der Waals surface area contributed by atoms with Gasteiger partial charge < -0.3 is 19.7 Å². The number of H-pyrrole nitrogens is 1. The molecule has 132 valence electrons. The van der Waals surface area contributed by atoms with E-state index in [9.17, 15) is 19.5 Å². The molecule has 0 radical (unpaired) electrons. The number of carboxylic acid groups (broad SMARTS) is 1. The van der Waals surface area contributed by atoms with Crippen LogP contribution in [0.15, 0.2) is 23.0 Å². The number of nitrogens with one attached hydrogen (secondary N) is 1. The van der Waals surface area contributed by atoms with Gasteiger partial charge in [-0.15, -0.1) is 0 Å². The number of carbonyl (C=O) groups is 2. The molecular formula is C17H19N3O5. The Labute approximate surface area is 143 Å². The number of carbonyl (C=O) groups excluding carboxylic acids is 1. The zero-order valence-electron chi connectivity index (χ0n) is 13.8. The fraction of sp³-hybridized carbons (Fsp3) is 0.471. The molecule has 2 aliphatic heterocycles. The average molecular weight is 345 g/mol. The number of aliphatic carboxylic acids is 1. The Hall–Kier alpha value is -2.61. The van der Waals surface area contributed by atoms with Gasteiger partial charge >= 0.3 is 11.7 Å². The number of imidazole rings is 1. The number of nitrogens with zero attached hydrogens (tertiary/aromatic N) is 2. The fourth-order valence-corrected chi connectivity index (χ4v) is 3.99. The lowest BCUT2D eigenvalue weighted by Crippen LogP contribution is -2.45. The van der Waals surface area contributed by atoms with Crippen molar-refractivity contribution in [2.24, 2.45) is 18.4 Å². The maximum absolute atomic E-state index is 12.9. The van der Waals surface area contributed by atoms with Crippen LogP contribution >= 0.6 is 0 Å². The van der Waals surface area contributed by atoms with Gasteiger partial charge in [-0.25, -0.2) is 4.79 Å². The molecule has 2 aliphatic rings. The molecule has 2 atom stereocenters. The van der Waals surface area contributed by atoms with Crippen LogP contribution in [0.5, 0.6) is 0 Å². The number of carboxylic acids is 1. The summed E-state index contributed by atoms with van der Waals surface area (Å²) in [4.78, 5) is 40.8. The Bertz CT molecular complexity index is 930. The van der Waals surface area contributed by atoms with Crippen LogP contribution in [0.3, 0.4) is 0 Å². The van der Waals surface area contributed by atoms with Crippen LogP contribution < -0.4 is 5.69 Å². The summed E-state index contributed by atoms with van der Waals surface area (Å²) in [5.41, 5.74) is 0.591. The molecule has 2 aromatic rings. The highest BCUT2D eigenvalue weighted by Gasteiger charge is 2.54. The summed E-state index contributed by atoms with van der Waals surface area (Å²) < 4.78 is 6.87. The first kappa shape index (κ1) is 15.9. The lowest BCUT2D eigenvalue weighted by Gasteiger charge is -2.33. The standard InChI is InChI=1S/C17H19N3O5/c1-19-13-6-10(2-3-12(13)18-16(19)24)14(21)20-7-11-8-25-5-4-17(11,9-20)15(22)23/h2-3,6,11H,4-5,7-9H2,1H3,(H,18,24)(H,22,23)/t11-,17+/m0/s1. The lowest BCUT2D eigenvalue weighted by molar-refractivity contribution is -0.157. The molecule has 25 heavy (non-hydrogen) atoms. The largest absolute Gasteiger partial charge is 0.481 e. The number of amides is 1. The minimum absolute atomic E-state index is 0.192. The minimum Gasteiger partial charge on any atom is -0.481 e. The van der Waals surface area contributed by atoms with E-state index < -0.39 is 11.4 Å². The van der Waals surface area contributed by atoms with Crippen molar-refractivity contribution < 1.29 is 19.4 Å². The summed E-state index contributed by atoms with van der Waals surface area (Å²) in [6, 6.07) is 5.02. The van der Waals surface area contributed by atoms with E-state index in [0.29, 0.717) is 42.8 Å². The van der Waals surface area contributed by atoms with Crippen molar-refractivity contribution in [3.05, 3.63) is 34.2 Å². The predicted octanol–water partition coefficient (Wildman–Crippen LogP) is 0.430. The topological polar surface area (TPSA) is 105 Å². The smallest absolute Gasteiger partial charge is 0.326 e. The first-order valence-corrected chi connectivity index (χ1v) is 8.21. The van der Waals surface area contributed by atoms with Gasteiger partial charge in [0.2, 0.25) is 0 Å². The van der Waals surface area contributed by atoms with Crippen molar-refractivity contribution in [2.45, 2.75) is 6.42 Å². The highest BCUT2D eigenvalue weighted by molar-refractivity contribution is 5.98. The molecule has 0 unspecified atom stereocenters. The van der Waals surface area contributed by atoms with Gasteiger partial charge in [-0.1, -0.05) is 0 Å². The third-order valence-corrected chi connectivity index (χ3v) is 5.57. The number of rotatable bonds is 2. The van der Waals surface area contributed by atoms with E-state index in [-0.39, 0.29) is 24.1 Å². The SMILES string of the molecule is Cn1c(=O)[nH]c2ccc(C(=O)N3C[C@H]4COCC[C@@]4(C(=O)O)C3)cc21. The van der Waals surface area contributed by atoms with Crippen LogP contribution in [0, 0.1) is 11.3 Å². The molecule has 0 spiro atoms. The number of aromatic amines is 1. The number of aryl methyl sites for hydroxylation is 1. The average Bonchev–Trinajstić information content (AvgIpc) is 3.13. The highest BCUT2D eigenvalue weighted by Crippen LogP contribution is 2.42. The second-order valence-electron chi connectivity index (χ2n) is 6.89. The monoisotopic (exact) mass is 345 g/mol. The van der Waals surface area contributed by atoms with E-state index in [0.717, 1.165) is 0 Å². The van der Waals surface area contributed by atoms with Crippen LogP contribution in [-0.4, -0.2) is 57.7 Å². The first-order valence-electron chi connectivity index (χ1n) is 8.21. The van der Waals surface area contributed by atoms with Gasteiger partial charge in [-0.2, -0.15) is 0 Å². The molecule has 2 N–H and O–H groups in total. The van der Waals surface area contributed by atoms with Crippen molar-refractivity contribution in [2.75, 3.05) is 26.3 Å². The Morgan fingerprint density at radius 3 is 2.92 bits per heavy atom. The Kier molecular flexibility index (Phi) is 3.47. The van der Waals surface area contributed by atoms with Crippen molar-refractivity contribution in [1.29, 1.82) is 0 Å². The van der Waals surface area contributed by atoms with Gasteiger partial charge in [0.15, 0.2) is 0 Å². The van der Waals surface area contributed by atoms with E-state index >= 15 is 0 Å². The van der Waals surface area contributed by atoms with Crippen LogP contribution in [0.1, 0.15) is 16.8 Å². The number of aromatic nitrogens is 2. The number of ether oxygens (including phenoxy) is 1. The molecular weight excluding hydrogens is 326 g/mol. The lowest BCUT2D eigenvalue weighted by atomic mass is 9.74. The van der Waals surface area contributed by atoms with Gasteiger partial charge in [0.25, 0.3) is 5.91 Å². The summed E-state index contributed by atoms with van der Waals surface area (Å²) >= 11 is 0. The van der Waals surface area contributed by atoms with Crippen LogP contribution in [0.2, 0.25) is 0 Å². The van der Waals surface area contributed by atoms with E-state index in [1.807, 2.05) is 0 Å². The summed E-state index contributed by atoms with van der Waals surface area (Å²) in [5, 5.41) is 9.71. The second-order valence-corrected chi connectivity index (χ2v) is 6.89. The number of benzene rings is 1. The summed E-state index contributed by atoms with van der Waals surface area (Å²) in [6.45, 7) is 1.33. The molecule has 1 aromatic heterocycles. The Balaban J connectivity index is 1.66. The molecule has 2 saturated heterocycles. The molecule has 4 rings (SSSR count). The molecule has 1 aromatic carbocycles. The molecule has 8 heteroatoms. The van der Waals surface area contributed by atoms with Crippen molar-refractivity contribution in [1.82, 2.24) is 14.5 Å². The molecule has 8 nitrogen and oxygen atoms in total. The van der Waals surface area contributed by atoms with Crippen LogP contribution in [-0.2, 0) is 16.6 Å². The first-order chi connectivity index (χ1) is 11.9. The number of hydrogen-bond donors (Lipinski definition) is 2. The van der Waals surface area contributed by atoms with Gasteiger partial charge in [0, 0.05) is 38.2 Å². The van der Waals surface area contributed by atoms with Crippen molar-refractivity contribution in [3.63, 3.8) is 0 Å². The van der Waals surface area contributed by atoms with Gasteiger partial charge in [0.1, 0.15) is 0 Å². The zero-order chi connectivity index (χ0) is 17.8. The van der Waals surface area contributed by atoms with E-state index in [1.54, 1.807) is 30.1 Å². The number of hydrogen-bond acceptors (Lipinski definition) is 4. The molecule has 2 fully saturated rings. The maximum Gasteiger partial charge on any atom is 0.326 e. The quantitative estimate of drug-likeness (QED) is 0.821. The van der Waals surface area contributed by atoms with Crippen LogP contribution in [0.25, 0.3) is 11.0 Å². The highest BCUT2D eigenvalue weighted by atomic mass is 16.5. The minimum atomic E-state index is -0.918. The predicted molar refractivity (Wildman–Crippen MR) is 88.4 cm³/mol. The zero-order valence-corrected chi connectivity index (χ0v) is 13.8. The Morgan fingerprint density at radius 1 is 1.40 bits per heavy atom. The summed E-state index contributed by atoms with van der Waals surface area (Å²) in [7, 11) is 1.64. The molecule has 0 aliphatic carbocycles. The van der Waals surface area contributed by atoms with E-state index in [4.69, 9.17) is 4.74 Å². The fourth-order valence-electron chi connectivity index (χ4n) is 3.99. The second kappa shape index (κ2) is 5.45. The summed E-state index contributed by atoms with van der Waals surface area (Å²) in [6.07, 6.45) is 0.419. The van der Waals surface area contributed by atoms with Gasteiger partial charge in [-0.05, 0) is 24.6 Å². The molecule has 3 heterocycles. The maximum atomic E-state index is 12.9. The van der Waals surface area contributed by atoms with Gasteiger partial charge in [0.05, 0.1) is 23.1 Å². The third kappa shape index (κ3) is 2.28.